The van der Waals surface area contributed by atoms with Gasteiger partial charge < -0.3 is 10.5 Å². The van der Waals surface area contributed by atoms with Gasteiger partial charge in [0.25, 0.3) is 0 Å². The largest absolute Gasteiger partial charge is 0.496 e. The maximum absolute atomic E-state index is 5.62. The summed E-state index contributed by atoms with van der Waals surface area (Å²) in [4.78, 5) is 0. The molecule has 1 heterocycles. The Kier molecular flexibility index (Phi) is 2.13. The molecule has 0 radical (unpaired) electrons. The zero-order chi connectivity index (χ0) is 10.1. The quantitative estimate of drug-likeness (QED) is 0.771. The summed E-state index contributed by atoms with van der Waals surface area (Å²) in [5.74, 6) is 0.830. The third-order valence-electron chi connectivity index (χ3n) is 2.33. The van der Waals surface area contributed by atoms with Crippen LogP contribution in [0.15, 0.2) is 18.2 Å². The molecule has 0 unspecified atom stereocenters. The summed E-state index contributed by atoms with van der Waals surface area (Å²) >= 11 is 0. The van der Waals surface area contributed by atoms with Crippen molar-refractivity contribution < 1.29 is 4.74 Å². The highest BCUT2D eigenvalue weighted by atomic mass is 16.5. The van der Waals surface area contributed by atoms with E-state index < -0.39 is 0 Å². The van der Waals surface area contributed by atoms with E-state index in [1.807, 2.05) is 29.9 Å². The molecule has 2 rings (SSSR count). The second kappa shape index (κ2) is 3.31. The van der Waals surface area contributed by atoms with Gasteiger partial charge in [0.05, 0.1) is 23.7 Å². The molecule has 74 valence electrons. The fraction of sp³-hybridized carbons (Fsp3) is 0.300. The Balaban J connectivity index is 2.82. The highest BCUT2D eigenvalue weighted by molar-refractivity contribution is 5.88. The predicted octanol–water partition coefficient (Wildman–Crippen LogP) is 1.04. The molecular formula is C10H13N3O. The van der Waals surface area contributed by atoms with Gasteiger partial charge in [0.2, 0.25) is 0 Å². The standard InChI is InChI=1S/C10H13N3O/c1-13-8-4-3-5-9(14-2)10(8)7(6-11)12-13/h3-5H,6,11H2,1-2H3. The van der Waals surface area contributed by atoms with Crippen molar-refractivity contribution in [2.45, 2.75) is 6.54 Å². The third-order valence-corrected chi connectivity index (χ3v) is 2.33. The molecule has 0 aliphatic carbocycles. The molecule has 0 aliphatic rings. The van der Waals surface area contributed by atoms with Gasteiger partial charge in [-0.1, -0.05) is 6.07 Å². The van der Waals surface area contributed by atoms with Crippen molar-refractivity contribution in [3.8, 4) is 5.75 Å². The van der Waals surface area contributed by atoms with E-state index in [0.717, 1.165) is 22.3 Å². The average Bonchev–Trinajstić information content (AvgIpc) is 2.56. The molecule has 0 atom stereocenters. The summed E-state index contributed by atoms with van der Waals surface area (Å²) in [6.45, 7) is 0.428. The van der Waals surface area contributed by atoms with E-state index in [0.29, 0.717) is 6.54 Å². The monoisotopic (exact) mass is 191 g/mol. The van der Waals surface area contributed by atoms with Crippen molar-refractivity contribution in [2.75, 3.05) is 7.11 Å². The van der Waals surface area contributed by atoms with Crippen LogP contribution in [0.5, 0.6) is 5.75 Å². The summed E-state index contributed by atoms with van der Waals surface area (Å²) in [6, 6.07) is 5.87. The van der Waals surface area contributed by atoms with E-state index >= 15 is 0 Å². The van der Waals surface area contributed by atoms with E-state index in [9.17, 15) is 0 Å². The molecule has 0 bridgehead atoms. The first-order valence-corrected chi connectivity index (χ1v) is 4.46. The molecule has 0 spiro atoms. The van der Waals surface area contributed by atoms with Crippen LogP contribution in [0.2, 0.25) is 0 Å². The number of fused-ring (bicyclic) bond motifs is 1. The summed E-state index contributed by atoms with van der Waals surface area (Å²) in [6.07, 6.45) is 0. The Bertz CT molecular complexity index is 462. The van der Waals surface area contributed by atoms with Gasteiger partial charge in [-0.05, 0) is 12.1 Å². The van der Waals surface area contributed by atoms with Crippen LogP contribution in [-0.2, 0) is 13.6 Å². The molecular weight excluding hydrogens is 178 g/mol. The van der Waals surface area contributed by atoms with E-state index in [-0.39, 0.29) is 0 Å². The summed E-state index contributed by atoms with van der Waals surface area (Å²) in [5.41, 5.74) is 7.54. The Morgan fingerprint density at radius 3 is 2.93 bits per heavy atom. The molecule has 1 aromatic carbocycles. The van der Waals surface area contributed by atoms with Crippen LogP contribution in [0.4, 0.5) is 0 Å². The zero-order valence-corrected chi connectivity index (χ0v) is 8.32. The van der Waals surface area contributed by atoms with Crippen molar-refractivity contribution in [1.29, 1.82) is 0 Å². The molecule has 1 aromatic heterocycles. The van der Waals surface area contributed by atoms with Crippen LogP contribution in [0.3, 0.4) is 0 Å². The molecule has 0 amide bonds. The predicted molar refractivity (Wildman–Crippen MR) is 55.2 cm³/mol. The SMILES string of the molecule is COc1cccc2c1c(CN)nn2C. The van der Waals surface area contributed by atoms with Gasteiger partial charge >= 0.3 is 0 Å². The summed E-state index contributed by atoms with van der Waals surface area (Å²) in [5, 5.41) is 5.34. The molecule has 2 N–H and O–H groups in total. The van der Waals surface area contributed by atoms with E-state index in [4.69, 9.17) is 10.5 Å². The second-order valence-electron chi connectivity index (χ2n) is 3.13. The third kappa shape index (κ3) is 1.15. The van der Waals surface area contributed by atoms with E-state index in [1.54, 1.807) is 7.11 Å². The first-order chi connectivity index (χ1) is 6.77. The van der Waals surface area contributed by atoms with Gasteiger partial charge in [0.1, 0.15) is 5.75 Å². The fourth-order valence-corrected chi connectivity index (χ4v) is 1.68. The Morgan fingerprint density at radius 2 is 2.29 bits per heavy atom. The van der Waals surface area contributed by atoms with Crippen LogP contribution in [-0.4, -0.2) is 16.9 Å². The number of hydrogen-bond donors (Lipinski definition) is 1. The molecule has 0 aliphatic heterocycles. The van der Waals surface area contributed by atoms with Crippen molar-refractivity contribution in [3.63, 3.8) is 0 Å². The van der Waals surface area contributed by atoms with Gasteiger partial charge in [-0.2, -0.15) is 5.10 Å². The van der Waals surface area contributed by atoms with Crippen molar-refractivity contribution in [3.05, 3.63) is 23.9 Å². The summed E-state index contributed by atoms with van der Waals surface area (Å²) < 4.78 is 7.09. The lowest BCUT2D eigenvalue weighted by molar-refractivity contribution is 0.419. The van der Waals surface area contributed by atoms with Crippen molar-refractivity contribution in [2.24, 2.45) is 12.8 Å². The fourth-order valence-electron chi connectivity index (χ4n) is 1.68. The second-order valence-corrected chi connectivity index (χ2v) is 3.13. The van der Waals surface area contributed by atoms with Crippen LogP contribution in [0.25, 0.3) is 10.9 Å². The lowest BCUT2D eigenvalue weighted by Gasteiger charge is -2.01. The van der Waals surface area contributed by atoms with Gasteiger partial charge in [0, 0.05) is 13.6 Å². The molecule has 4 nitrogen and oxygen atoms in total. The van der Waals surface area contributed by atoms with Crippen LogP contribution < -0.4 is 10.5 Å². The highest BCUT2D eigenvalue weighted by Crippen LogP contribution is 2.27. The van der Waals surface area contributed by atoms with Crippen LogP contribution >= 0.6 is 0 Å². The van der Waals surface area contributed by atoms with Gasteiger partial charge in [-0.3, -0.25) is 4.68 Å². The Hall–Kier alpha value is -1.55. The summed E-state index contributed by atoms with van der Waals surface area (Å²) in [7, 11) is 3.56. The number of nitrogens with zero attached hydrogens (tertiary/aromatic N) is 2. The lowest BCUT2D eigenvalue weighted by atomic mass is 10.2. The first kappa shape index (κ1) is 9.02. The smallest absolute Gasteiger partial charge is 0.130 e. The number of rotatable bonds is 2. The lowest BCUT2D eigenvalue weighted by Crippen LogP contribution is -1.99. The molecule has 4 heteroatoms. The number of nitrogens with two attached hydrogens (primary N) is 1. The normalized spacial score (nSPS) is 10.8. The van der Waals surface area contributed by atoms with E-state index in [1.165, 1.54) is 0 Å². The minimum Gasteiger partial charge on any atom is -0.496 e. The van der Waals surface area contributed by atoms with Gasteiger partial charge in [-0.25, -0.2) is 0 Å². The number of hydrogen-bond acceptors (Lipinski definition) is 3. The molecule has 0 saturated carbocycles. The maximum Gasteiger partial charge on any atom is 0.130 e. The number of methoxy groups -OCH3 is 1. The zero-order valence-electron chi connectivity index (χ0n) is 8.32. The average molecular weight is 191 g/mol. The van der Waals surface area contributed by atoms with Crippen molar-refractivity contribution in [1.82, 2.24) is 9.78 Å². The minimum absolute atomic E-state index is 0.428. The van der Waals surface area contributed by atoms with E-state index in [2.05, 4.69) is 5.10 Å². The number of aryl methyl sites for hydroxylation is 1. The number of ether oxygens (including phenoxy) is 1. The molecule has 0 fully saturated rings. The number of benzene rings is 1. The van der Waals surface area contributed by atoms with Gasteiger partial charge in [0.15, 0.2) is 0 Å². The maximum atomic E-state index is 5.62. The molecule has 2 aromatic rings. The molecule has 0 saturated heterocycles. The topological polar surface area (TPSA) is 53.1 Å². The van der Waals surface area contributed by atoms with Gasteiger partial charge in [-0.15, -0.1) is 0 Å². The highest BCUT2D eigenvalue weighted by Gasteiger charge is 2.11. The van der Waals surface area contributed by atoms with Crippen LogP contribution in [0.1, 0.15) is 5.69 Å². The minimum atomic E-state index is 0.428. The number of aromatic nitrogens is 2. The van der Waals surface area contributed by atoms with Crippen LogP contribution in [0, 0.1) is 0 Å². The van der Waals surface area contributed by atoms with Crippen molar-refractivity contribution >= 4 is 10.9 Å². The first-order valence-electron chi connectivity index (χ1n) is 4.46. The Morgan fingerprint density at radius 1 is 1.50 bits per heavy atom. The Labute approximate surface area is 82.3 Å². The molecule has 14 heavy (non-hydrogen) atoms.